The number of rotatable bonds is 3. The first-order chi connectivity index (χ1) is 18.9. The van der Waals surface area contributed by atoms with E-state index in [1.165, 1.54) is 67.1 Å². The number of fused-ring (bicyclic) bond motifs is 6. The number of hydrogen-bond acceptors (Lipinski definition) is 2. The van der Waals surface area contributed by atoms with E-state index in [-0.39, 0.29) is 0 Å². The summed E-state index contributed by atoms with van der Waals surface area (Å²) in [5.41, 5.74) is 12.0. The molecule has 0 saturated heterocycles. The first-order valence-corrected chi connectivity index (χ1v) is 13.2. The SMILES string of the molecule is C1=Cc2c(c3ccccc3n2-c2ccc(-c3ccc(-n4c5c(c6ccccc64)NCC=C5)cc3)cc2)NC1. The summed E-state index contributed by atoms with van der Waals surface area (Å²) in [7, 11) is 0. The number of nitrogens with zero attached hydrogens (tertiary/aromatic N) is 2. The zero-order chi connectivity index (χ0) is 25.1. The fourth-order valence-corrected chi connectivity index (χ4v) is 6.03. The quantitative estimate of drug-likeness (QED) is 0.263. The number of aromatic nitrogens is 2. The van der Waals surface area contributed by atoms with Crippen molar-refractivity contribution in [1.29, 1.82) is 0 Å². The molecule has 4 heterocycles. The summed E-state index contributed by atoms with van der Waals surface area (Å²) >= 11 is 0. The lowest BCUT2D eigenvalue weighted by atomic mass is 10.0. The molecule has 8 rings (SSSR count). The van der Waals surface area contributed by atoms with Crippen molar-refractivity contribution in [2.24, 2.45) is 0 Å². The Morgan fingerprint density at radius 2 is 0.895 bits per heavy atom. The Labute approximate surface area is 221 Å². The van der Waals surface area contributed by atoms with Crippen LogP contribution in [0.2, 0.25) is 0 Å². The maximum atomic E-state index is 3.56. The van der Waals surface area contributed by atoms with Crippen LogP contribution in [0.3, 0.4) is 0 Å². The van der Waals surface area contributed by atoms with Crippen molar-refractivity contribution in [2.45, 2.75) is 0 Å². The van der Waals surface area contributed by atoms with Crippen molar-refractivity contribution in [3.63, 3.8) is 0 Å². The summed E-state index contributed by atoms with van der Waals surface area (Å²) in [6.07, 6.45) is 8.83. The van der Waals surface area contributed by atoms with Gasteiger partial charge in [0.05, 0.1) is 33.8 Å². The molecule has 2 aliphatic heterocycles. The Kier molecular flexibility index (Phi) is 4.61. The average molecular weight is 491 g/mol. The number of para-hydroxylation sites is 2. The lowest BCUT2D eigenvalue weighted by molar-refractivity contribution is 1.09. The Morgan fingerprint density at radius 1 is 0.474 bits per heavy atom. The van der Waals surface area contributed by atoms with E-state index in [0.717, 1.165) is 13.1 Å². The van der Waals surface area contributed by atoms with Crippen LogP contribution in [0.15, 0.2) is 109 Å². The summed E-state index contributed by atoms with van der Waals surface area (Å²) in [5.74, 6) is 0. The van der Waals surface area contributed by atoms with Gasteiger partial charge in [-0.3, -0.25) is 0 Å². The van der Waals surface area contributed by atoms with E-state index in [4.69, 9.17) is 0 Å². The van der Waals surface area contributed by atoms with Gasteiger partial charge in [0.2, 0.25) is 0 Å². The van der Waals surface area contributed by atoms with Gasteiger partial charge >= 0.3 is 0 Å². The van der Waals surface area contributed by atoms with Crippen LogP contribution in [0, 0.1) is 0 Å². The highest BCUT2D eigenvalue weighted by molar-refractivity contribution is 6.01. The topological polar surface area (TPSA) is 33.9 Å². The Hall–Kier alpha value is -4.96. The number of hydrogen-bond donors (Lipinski definition) is 2. The summed E-state index contributed by atoms with van der Waals surface area (Å²) in [6.45, 7) is 1.73. The summed E-state index contributed by atoms with van der Waals surface area (Å²) < 4.78 is 4.70. The molecule has 2 N–H and O–H groups in total. The zero-order valence-electron chi connectivity index (χ0n) is 20.9. The number of anilines is 2. The Balaban J connectivity index is 1.17. The van der Waals surface area contributed by atoms with Crippen LogP contribution in [0.25, 0.3) is 56.5 Å². The van der Waals surface area contributed by atoms with Gasteiger partial charge < -0.3 is 19.8 Å². The van der Waals surface area contributed by atoms with Gasteiger partial charge in [-0.1, -0.05) is 72.8 Å². The molecule has 0 aliphatic carbocycles. The molecule has 4 heteroatoms. The highest BCUT2D eigenvalue weighted by Gasteiger charge is 2.19. The van der Waals surface area contributed by atoms with E-state index < -0.39 is 0 Å². The van der Waals surface area contributed by atoms with E-state index >= 15 is 0 Å². The molecular weight excluding hydrogens is 464 g/mol. The molecule has 4 aromatic carbocycles. The minimum atomic E-state index is 0.865. The predicted octanol–water partition coefficient (Wildman–Crippen LogP) is 8.12. The van der Waals surface area contributed by atoms with Gasteiger partial charge in [-0.25, -0.2) is 0 Å². The summed E-state index contributed by atoms with van der Waals surface area (Å²) in [6, 6.07) is 35.1. The lowest BCUT2D eigenvalue weighted by Crippen LogP contribution is -2.06. The van der Waals surface area contributed by atoms with Gasteiger partial charge in [0, 0.05) is 35.2 Å². The van der Waals surface area contributed by atoms with Gasteiger partial charge in [-0.05, 0) is 59.7 Å². The van der Waals surface area contributed by atoms with Crippen LogP contribution in [-0.4, -0.2) is 22.2 Å². The summed E-state index contributed by atoms with van der Waals surface area (Å²) in [5, 5.41) is 9.64. The second-order valence-electron chi connectivity index (χ2n) is 9.89. The number of benzene rings is 4. The molecule has 38 heavy (non-hydrogen) atoms. The van der Waals surface area contributed by atoms with E-state index in [9.17, 15) is 0 Å². The van der Waals surface area contributed by atoms with Crippen molar-refractivity contribution in [1.82, 2.24) is 9.13 Å². The van der Waals surface area contributed by atoms with Crippen molar-refractivity contribution < 1.29 is 0 Å². The van der Waals surface area contributed by atoms with Crippen molar-refractivity contribution in [3.05, 3.63) is 121 Å². The minimum absolute atomic E-state index is 0.865. The van der Waals surface area contributed by atoms with Crippen molar-refractivity contribution in [3.8, 4) is 22.5 Å². The highest BCUT2D eigenvalue weighted by Crippen LogP contribution is 2.38. The molecule has 0 amide bonds. The van der Waals surface area contributed by atoms with E-state index in [2.05, 4.69) is 141 Å². The lowest BCUT2D eigenvalue weighted by Gasteiger charge is -2.14. The average Bonchev–Trinajstić information content (AvgIpc) is 3.51. The van der Waals surface area contributed by atoms with Crippen molar-refractivity contribution >= 4 is 45.3 Å². The van der Waals surface area contributed by atoms with Crippen LogP contribution in [0.1, 0.15) is 11.4 Å². The van der Waals surface area contributed by atoms with Gasteiger partial charge in [-0.2, -0.15) is 0 Å². The van der Waals surface area contributed by atoms with E-state index in [0.29, 0.717) is 0 Å². The van der Waals surface area contributed by atoms with Gasteiger partial charge in [0.25, 0.3) is 0 Å². The molecule has 0 spiro atoms. The maximum absolute atomic E-state index is 3.56. The smallest absolute Gasteiger partial charge is 0.0698 e. The standard InChI is InChI=1S/C34H26N4/c1-3-9-29-27(7-1)33-31(11-5-21-35-33)37(29)25-17-13-23(14-18-25)24-15-19-26(20-16-24)38-30-10-4-2-8-28(30)34-32(38)12-6-22-36-34/h1-20,35-36H,21-22H2. The highest BCUT2D eigenvalue weighted by atomic mass is 15.1. The van der Waals surface area contributed by atoms with Crippen LogP contribution < -0.4 is 10.6 Å². The van der Waals surface area contributed by atoms with Crippen molar-refractivity contribution in [2.75, 3.05) is 23.7 Å². The monoisotopic (exact) mass is 490 g/mol. The molecule has 0 atom stereocenters. The van der Waals surface area contributed by atoms with Gasteiger partial charge in [0.15, 0.2) is 0 Å². The molecule has 6 aromatic rings. The first-order valence-electron chi connectivity index (χ1n) is 13.2. The second-order valence-corrected chi connectivity index (χ2v) is 9.89. The van der Waals surface area contributed by atoms with Crippen LogP contribution in [0.4, 0.5) is 11.4 Å². The third-order valence-corrected chi connectivity index (χ3v) is 7.75. The first kappa shape index (κ1) is 21.2. The third kappa shape index (κ3) is 3.10. The van der Waals surface area contributed by atoms with Crippen LogP contribution >= 0.6 is 0 Å². The normalized spacial score (nSPS) is 13.8. The molecule has 0 bridgehead atoms. The second kappa shape index (κ2) is 8.29. The molecule has 2 aromatic heterocycles. The Bertz CT molecular complexity index is 1760. The molecule has 182 valence electrons. The summed E-state index contributed by atoms with van der Waals surface area (Å²) in [4.78, 5) is 0. The molecular formula is C34H26N4. The molecule has 2 aliphatic rings. The van der Waals surface area contributed by atoms with Gasteiger partial charge in [-0.15, -0.1) is 0 Å². The van der Waals surface area contributed by atoms with Gasteiger partial charge in [0.1, 0.15) is 0 Å². The fraction of sp³-hybridized carbons (Fsp3) is 0.0588. The van der Waals surface area contributed by atoms with Crippen LogP contribution in [0.5, 0.6) is 0 Å². The Morgan fingerprint density at radius 3 is 1.34 bits per heavy atom. The van der Waals surface area contributed by atoms with E-state index in [1.807, 2.05) is 0 Å². The zero-order valence-corrected chi connectivity index (χ0v) is 20.9. The maximum Gasteiger partial charge on any atom is 0.0698 e. The molecule has 0 radical (unpaired) electrons. The molecule has 4 nitrogen and oxygen atoms in total. The molecule has 0 saturated carbocycles. The molecule has 0 fully saturated rings. The third-order valence-electron chi connectivity index (χ3n) is 7.75. The largest absolute Gasteiger partial charge is 0.379 e. The van der Waals surface area contributed by atoms with Crippen LogP contribution in [-0.2, 0) is 0 Å². The fourth-order valence-electron chi connectivity index (χ4n) is 6.03. The van der Waals surface area contributed by atoms with E-state index in [1.54, 1.807) is 0 Å². The minimum Gasteiger partial charge on any atom is -0.379 e. The molecule has 0 unspecified atom stereocenters. The number of nitrogens with one attached hydrogen (secondary N) is 2. The predicted molar refractivity (Wildman–Crippen MR) is 161 cm³/mol.